The molecule has 0 saturated heterocycles. The lowest BCUT2D eigenvalue weighted by molar-refractivity contribution is -0.139. The third kappa shape index (κ3) is 3.63. The van der Waals surface area contributed by atoms with Gasteiger partial charge in [0.15, 0.2) is 0 Å². The molecule has 0 unspecified atom stereocenters. The Bertz CT molecular complexity index is 693. The number of hydrogen-bond donors (Lipinski definition) is 0. The van der Waals surface area contributed by atoms with Crippen LogP contribution in [0, 0.1) is 11.7 Å². The second-order valence-corrected chi connectivity index (χ2v) is 6.52. The third-order valence-electron chi connectivity index (χ3n) is 4.50. The lowest BCUT2D eigenvalue weighted by atomic mass is 9.84. The molecule has 1 aliphatic carbocycles. The van der Waals surface area contributed by atoms with Crippen molar-refractivity contribution in [1.82, 2.24) is 15.0 Å². The molecule has 1 heterocycles. The Morgan fingerprint density at radius 2 is 2.04 bits per heavy atom. The molecule has 24 heavy (non-hydrogen) atoms. The van der Waals surface area contributed by atoms with E-state index in [1.807, 2.05) is 18.7 Å². The van der Waals surface area contributed by atoms with Gasteiger partial charge in [0.05, 0.1) is 0 Å². The zero-order valence-corrected chi connectivity index (χ0v) is 14.0. The first-order chi connectivity index (χ1) is 11.5. The first-order valence-corrected chi connectivity index (χ1v) is 8.43. The second kappa shape index (κ2) is 7.11. The van der Waals surface area contributed by atoms with Gasteiger partial charge in [0.1, 0.15) is 5.82 Å². The van der Waals surface area contributed by atoms with Crippen molar-refractivity contribution in [3.8, 4) is 11.4 Å². The minimum atomic E-state index is -0.301. The minimum absolute atomic E-state index is 0.151. The SMILES string of the molecule is CC(C)N(CCc1nc(-c2ccc(F)cc2)no1)C(=O)C1CCC1. The van der Waals surface area contributed by atoms with Crippen molar-refractivity contribution in [2.24, 2.45) is 5.92 Å². The van der Waals surface area contributed by atoms with Crippen molar-refractivity contribution in [2.45, 2.75) is 45.6 Å². The van der Waals surface area contributed by atoms with Gasteiger partial charge in [0.25, 0.3) is 0 Å². The molecule has 0 radical (unpaired) electrons. The molecule has 5 nitrogen and oxygen atoms in total. The van der Waals surface area contributed by atoms with Crippen LogP contribution >= 0.6 is 0 Å². The zero-order chi connectivity index (χ0) is 17.1. The maximum atomic E-state index is 13.0. The summed E-state index contributed by atoms with van der Waals surface area (Å²) in [5.41, 5.74) is 0.706. The largest absolute Gasteiger partial charge is 0.340 e. The topological polar surface area (TPSA) is 59.2 Å². The summed E-state index contributed by atoms with van der Waals surface area (Å²) in [4.78, 5) is 18.7. The number of benzene rings is 1. The molecule has 1 aliphatic rings. The molecule has 0 atom stereocenters. The zero-order valence-electron chi connectivity index (χ0n) is 14.0. The highest BCUT2D eigenvalue weighted by Crippen LogP contribution is 2.29. The standard InChI is InChI=1S/C18H22FN3O2/c1-12(2)22(18(23)14-4-3-5-14)11-10-16-20-17(21-24-16)13-6-8-15(19)9-7-13/h6-9,12,14H,3-5,10-11H2,1-2H3. The summed E-state index contributed by atoms with van der Waals surface area (Å²) in [7, 11) is 0. The van der Waals surface area contributed by atoms with E-state index in [2.05, 4.69) is 10.1 Å². The summed E-state index contributed by atoms with van der Waals surface area (Å²) in [6, 6.07) is 6.11. The Morgan fingerprint density at radius 1 is 1.33 bits per heavy atom. The molecule has 6 heteroatoms. The van der Waals surface area contributed by atoms with E-state index in [4.69, 9.17) is 4.52 Å². The van der Waals surface area contributed by atoms with Gasteiger partial charge in [-0.2, -0.15) is 4.98 Å². The van der Waals surface area contributed by atoms with Crippen molar-refractivity contribution in [1.29, 1.82) is 0 Å². The smallest absolute Gasteiger partial charge is 0.228 e. The Morgan fingerprint density at radius 3 is 2.62 bits per heavy atom. The highest BCUT2D eigenvalue weighted by Gasteiger charge is 2.30. The Balaban J connectivity index is 1.63. The normalized spacial score (nSPS) is 14.7. The molecule has 0 bridgehead atoms. The quantitative estimate of drug-likeness (QED) is 0.813. The van der Waals surface area contributed by atoms with Crippen LogP contribution in [0.15, 0.2) is 28.8 Å². The van der Waals surface area contributed by atoms with Crippen LogP contribution in [0.1, 0.15) is 39.0 Å². The molecule has 128 valence electrons. The highest BCUT2D eigenvalue weighted by atomic mass is 19.1. The molecule has 0 spiro atoms. The molecule has 2 aromatic rings. The summed E-state index contributed by atoms with van der Waals surface area (Å²) in [5.74, 6) is 1.04. The molecule has 1 saturated carbocycles. The summed E-state index contributed by atoms with van der Waals surface area (Å²) < 4.78 is 18.2. The van der Waals surface area contributed by atoms with E-state index in [1.54, 1.807) is 12.1 Å². The maximum Gasteiger partial charge on any atom is 0.228 e. The second-order valence-electron chi connectivity index (χ2n) is 6.52. The van der Waals surface area contributed by atoms with Gasteiger partial charge in [0.2, 0.25) is 17.6 Å². The number of rotatable bonds is 6. The van der Waals surface area contributed by atoms with E-state index in [0.29, 0.717) is 30.2 Å². The number of halogens is 1. The molecule has 3 rings (SSSR count). The van der Waals surface area contributed by atoms with Gasteiger partial charge in [-0.15, -0.1) is 0 Å². The molecule has 1 aromatic carbocycles. The summed E-state index contributed by atoms with van der Waals surface area (Å²) in [5, 5.41) is 3.93. The molecule has 1 aromatic heterocycles. The molecular formula is C18H22FN3O2. The Hall–Kier alpha value is -2.24. The van der Waals surface area contributed by atoms with Crippen LogP contribution in [0.25, 0.3) is 11.4 Å². The van der Waals surface area contributed by atoms with Crippen LogP contribution in [-0.4, -0.2) is 33.5 Å². The summed E-state index contributed by atoms with van der Waals surface area (Å²) in [6.07, 6.45) is 3.66. The van der Waals surface area contributed by atoms with Crippen molar-refractivity contribution in [2.75, 3.05) is 6.54 Å². The van der Waals surface area contributed by atoms with Crippen LogP contribution in [-0.2, 0) is 11.2 Å². The summed E-state index contributed by atoms with van der Waals surface area (Å²) in [6.45, 7) is 4.61. The number of amides is 1. The fraction of sp³-hybridized carbons (Fsp3) is 0.500. The van der Waals surface area contributed by atoms with Crippen molar-refractivity contribution < 1.29 is 13.7 Å². The van der Waals surface area contributed by atoms with E-state index in [-0.39, 0.29) is 23.7 Å². The minimum Gasteiger partial charge on any atom is -0.340 e. The number of aromatic nitrogens is 2. The number of carbonyl (C=O) groups is 1. The van der Waals surface area contributed by atoms with Crippen LogP contribution in [0.2, 0.25) is 0 Å². The van der Waals surface area contributed by atoms with Crippen LogP contribution in [0.5, 0.6) is 0 Å². The molecular weight excluding hydrogens is 309 g/mol. The number of carbonyl (C=O) groups excluding carboxylic acids is 1. The van der Waals surface area contributed by atoms with E-state index < -0.39 is 0 Å². The Labute approximate surface area is 140 Å². The average Bonchev–Trinajstić information content (AvgIpc) is 2.95. The van der Waals surface area contributed by atoms with Crippen LogP contribution in [0.4, 0.5) is 4.39 Å². The molecule has 1 amide bonds. The first-order valence-electron chi connectivity index (χ1n) is 8.43. The van der Waals surface area contributed by atoms with Crippen molar-refractivity contribution in [3.05, 3.63) is 36.0 Å². The average molecular weight is 331 g/mol. The molecule has 0 aliphatic heterocycles. The van der Waals surface area contributed by atoms with Gasteiger partial charge in [-0.25, -0.2) is 4.39 Å². The van der Waals surface area contributed by atoms with Gasteiger partial charge in [0, 0.05) is 30.5 Å². The first kappa shape index (κ1) is 16.6. The fourth-order valence-electron chi connectivity index (χ4n) is 2.80. The fourth-order valence-corrected chi connectivity index (χ4v) is 2.80. The van der Waals surface area contributed by atoms with Gasteiger partial charge >= 0.3 is 0 Å². The monoisotopic (exact) mass is 331 g/mol. The van der Waals surface area contributed by atoms with E-state index in [1.165, 1.54) is 12.1 Å². The predicted molar refractivity (Wildman–Crippen MR) is 87.6 cm³/mol. The van der Waals surface area contributed by atoms with E-state index in [0.717, 1.165) is 19.3 Å². The number of hydrogen-bond acceptors (Lipinski definition) is 4. The van der Waals surface area contributed by atoms with Crippen LogP contribution in [0.3, 0.4) is 0 Å². The van der Waals surface area contributed by atoms with Crippen molar-refractivity contribution >= 4 is 5.91 Å². The summed E-state index contributed by atoms with van der Waals surface area (Å²) >= 11 is 0. The van der Waals surface area contributed by atoms with Crippen LogP contribution < -0.4 is 0 Å². The van der Waals surface area contributed by atoms with Crippen molar-refractivity contribution in [3.63, 3.8) is 0 Å². The molecule has 1 fully saturated rings. The van der Waals surface area contributed by atoms with Gasteiger partial charge in [-0.3, -0.25) is 4.79 Å². The molecule has 0 N–H and O–H groups in total. The van der Waals surface area contributed by atoms with Gasteiger partial charge in [-0.05, 0) is 51.0 Å². The number of nitrogens with zero attached hydrogens (tertiary/aromatic N) is 3. The lowest BCUT2D eigenvalue weighted by Crippen LogP contribution is -2.44. The highest BCUT2D eigenvalue weighted by molar-refractivity contribution is 5.79. The van der Waals surface area contributed by atoms with E-state index in [9.17, 15) is 9.18 Å². The van der Waals surface area contributed by atoms with Gasteiger partial charge < -0.3 is 9.42 Å². The van der Waals surface area contributed by atoms with E-state index >= 15 is 0 Å². The predicted octanol–water partition coefficient (Wildman–Crippen LogP) is 3.46. The Kier molecular flexibility index (Phi) is 4.92. The maximum absolute atomic E-state index is 13.0. The van der Waals surface area contributed by atoms with Gasteiger partial charge in [-0.1, -0.05) is 11.6 Å². The lowest BCUT2D eigenvalue weighted by Gasteiger charge is -2.34. The third-order valence-corrected chi connectivity index (χ3v) is 4.50.